The van der Waals surface area contributed by atoms with Crippen molar-refractivity contribution in [2.24, 2.45) is 11.1 Å². The number of benzene rings is 1. The lowest BCUT2D eigenvalue weighted by Gasteiger charge is -2.15. The van der Waals surface area contributed by atoms with E-state index in [0.29, 0.717) is 18.7 Å². The molecule has 0 aromatic heterocycles. The lowest BCUT2D eigenvalue weighted by atomic mass is 10.0. The van der Waals surface area contributed by atoms with Gasteiger partial charge in [0.05, 0.1) is 0 Å². The summed E-state index contributed by atoms with van der Waals surface area (Å²) in [6.45, 7) is 1.13. The number of rotatable bonds is 6. The number of alkyl halides is 3. The van der Waals surface area contributed by atoms with E-state index >= 15 is 0 Å². The van der Waals surface area contributed by atoms with E-state index in [1.165, 1.54) is 12.1 Å². The Kier molecular flexibility index (Phi) is 4.41. The van der Waals surface area contributed by atoms with Crippen molar-refractivity contribution in [3.8, 4) is 5.75 Å². The topological polar surface area (TPSA) is 64.3 Å². The zero-order chi connectivity index (χ0) is 15.5. The van der Waals surface area contributed by atoms with Gasteiger partial charge in [0.1, 0.15) is 5.75 Å². The number of halogens is 3. The summed E-state index contributed by atoms with van der Waals surface area (Å²) in [4.78, 5) is 11.9. The molecule has 7 heteroatoms. The van der Waals surface area contributed by atoms with Gasteiger partial charge in [0.15, 0.2) is 0 Å². The monoisotopic (exact) mass is 302 g/mol. The van der Waals surface area contributed by atoms with Crippen LogP contribution < -0.4 is 15.8 Å². The van der Waals surface area contributed by atoms with Crippen LogP contribution in [0.3, 0.4) is 0 Å². The summed E-state index contributed by atoms with van der Waals surface area (Å²) in [6.07, 6.45) is -1.78. The Morgan fingerprint density at radius 2 is 1.90 bits per heavy atom. The third-order valence-corrected chi connectivity index (χ3v) is 3.61. The number of carbonyl (C=O) groups excluding carboxylic acids is 1. The molecule has 0 unspecified atom stereocenters. The molecule has 3 N–H and O–H groups in total. The number of hydrogen-bond donors (Lipinski definition) is 2. The molecule has 21 heavy (non-hydrogen) atoms. The van der Waals surface area contributed by atoms with Crippen LogP contribution in [0.1, 0.15) is 29.6 Å². The van der Waals surface area contributed by atoms with E-state index in [1.54, 1.807) is 0 Å². The minimum atomic E-state index is -4.73. The number of amides is 1. The summed E-state index contributed by atoms with van der Waals surface area (Å²) < 4.78 is 39.8. The Bertz CT molecular complexity index is 496. The van der Waals surface area contributed by atoms with E-state index in [-0.39, 0.29) is 17.1 Å². The van der Waals surface area contributed by atoms with E-state index in [1.807, 2.05) is 0 Å². The van der Waals surface area contributed by atoms with Crippen molar-refractivity contribution in [2.75, 3.05) is 13.1 Å². The summed E-state index contributed by atoms with van der Waals surface area (Å²) in [7, 11) is 0. The number of nitrogens with two attached hydrogens (primary N) is 1. The molecule has 0 bridgehead atoms. The van der Waals surface area contributed by atoms with Crippen LogP contribution in [0.4, 0.5) is 13.2 Å². The Balaban J connectivity index is 1.88. The van der Waals surface area contributed by atoms with Gasteiger partial charge in [-0.15, -0.1) is 13.2 Å². The van der Waals surface area contributed by atoms with Gasteiger partial charge in [0.25, 0.3) is 5.91 Å². The molecule has 1 saturated carbocycles. The van der Waals surface area contributed by atoms with Gasteiger partial charge in [-0.3, -0.25) is 4.79 Å². The predicted molar refractivity (Wildman–Crippen MR) is 70.8 cm³/mol. The van der Waals surface area contributed by atoms with Crippen LogP contribution in [0.2, 0.25) is 0 Å². The molecule has 0 radical (unpaired) electrons. The van der Waals surface area contributed by atoms with Crippen molar-refractivity contribution in [1.82, 2.24) is 5.32 Å². The van der Waals surface area contributed by atoms with Gasteiger partial charge in [-0.05, 0) is 55.5 Å². The minimum Gasteiger partial charge on any atom is -0.406 e. The van der Waals surface area contributed by atoms with Crippen molar-refractivity contribution in [2.45, 2.75) is 25.6 Å². The quantitative estimate of drug-likeness (QED) is 0.848. The van der Waals surface area contributed by atoms with E-state index in [2.05, 4.69) is 10.1 Å². The van der Waals surface area contributed by atoms with E-state index in [9.17, 15) is 18.0 Å². The highest BCUT2D eigenvalue weighted by Gasteiger charge is 2.41. The van der Waals surface area contributed by atoms with Crippen LogP contribution in [0.5, 0.6) is 5.75 Å². The smallest absolute Gasteiger partial charge is 0.406 e. The van der Waals surface area contributed by atoms with Gasteiger partial charge in [0, 0.05) is 12.1 Å². The van der Waals surface area contributed by atoms with Gasteiger partial charge in [-0.2, -0.15) is 0 Å². The third kappa shape index (κ3) is 4.63. The molecule has 0 aliphatic heterocycles. The second-order valence-electron chi connectivity index (χ2n) is 5.29. The maximum absolute atomic E-state index is 12.0. The van der Waals surface area contributed by atoms with Gasteiger partial charge in [-0.25, -0.2) is 0 Å². The van der Waals surface area contributed by atoms with Crippen molar-refractivity contribution in [3.05, 3.63) is 29.8 Å². The third-order valence-electron chi connectivity index (χ3n) is 3.61. The molecule has 0 heterocycles. The summed E-state index contributed by atoms with van der Waals surface area (Å²) in [6, 6.07) is 4.85. The minimum absolute atomic E-state index is 0.115. The molecule has 116 valence electrons. The number of ether oxygens (including phenoxy) is 1. The van der Waals surface area contributed by atoms with Crippen molar-refractivity contribution < 1.29 is 22.7 Å². The lowest BCUT2D eigenvalue weighted by Crippen LogP contribution is -2.31. The Morgan fingerprint density at radius 1 is 1.29 bits per heavy atom. The highest BCUT2D eigenvalue weighted by Crippen LogP contribution is 2.47. The van der Waals surface area contributed by atoms with Crippen LogP contribution in [0, 0.1) is 5.41 Å². The number of hydrogen-bond acceptors (Lipinski definition) is 3. The first-order chi connectivity index (χ1) is 9.84. The fourth-order valence-electron chi connectivity index (χ4n) is 2.18. The normalized spacial score (nSPS) is 16.4. The lowest BCUT2D eigenvalue weighted by molar-refractivity contribution is -0.274. The van der Waals surface area contributed by atoms with Crippen molar-refractivity contribution in [3.63, 3.8) is 0 Å². The maximum atomic E-state index is 12.0. The van der Waals surface area contributed by atoms with Crippen molar-refractivity contribution in [1.29, 1.82) is 0 Å². The van der Waals surface area contributed by atoms with Crippen LogP contribution in [-0.2, 0) is 0 Å². The maximum Gasteiger partial charge on any atom is 0.573 e. The Hall–Kier alpha value is -1.76. The molecule has 0 spiro atoms. The van der Waals surface area contributed by atoms with Gasteiger partial charge >= 0.3 is 6.36 Å². The van der Waals surface area contributed by atoms with Gasteiger partial charge in [-0.1, -0.05) is 0 Å². The average molecular weight is 302 g/mol. The molecule has 4 nitrogen and oxygen atoms in total. The summed E-state index contributed by atoms with van der Waals surface area (Å²) in [5, 5.41) is 2.80. The second kappa shape index (κ2) is 5.93. The first-order valence-corrected chi connectivity index (χ1v) is 6.68. The number of nitrogens with one attached hydrogen (secondary N) is 1. The average Bonchev–Trinajstić information content (AvgIpc) is 3.16. The molecular weight excluding hydrogens is 285 g/mol. The molecule has 1 amide bonds. The predicted octanol–water partition coefficient (Wildman–Crippen LogP) is 2.44. The summed E-state index contributed by atoms with van der Waals surface area (Å²) >= 11 is 0. The van der Waals surface area contributed by atoms with Crippen LogP contribution in [0.25, 0.3) is 0 Å². The fraction of sp³-hybridized carbons (Fsp3) is 0.500. The first kappa shape index (κ1) is 15.6. The molecular formula is C14H17F3N2O2. The SMILES string of the molecule is NCCC1(CNC(=O)c2ccc(OC(F)(F)F)cc2)CC1. The van der Waals surface area contributed by atoms with E-state index < -0.39 is 6.36 Å². The highest BCUT2D eigenvalue weighted by atomic mass is 19.4. The molecule has 1 fully saturated rings. The van der Waals surface area contributed by atoms with Gasteiger partial charge < -0.3 is 15.8 Å². The zero-order valence-corrected chi connectivity index (χ0v) is 11.4. The molecule has 1 aromatic carbocycles. The van der Waals surface area contributed by atoms with Crippen molar-refractivity contribution >= 4 is 5.91 Å². The van der Waals surface area contributed by atoms with Crippen LogP contribution in [-0.4, -0.2) is 25.4 Å². The van der Waals surface area contributed by atoms with E-state index in [4.69, 9.17) is 5.73 Å². The molecule has 0 saturated heterocycles. The summed E-state index contributed by atoms with van der Waals surface area (Å²) in [5.74, 6) is -0.655. The van der Waals surface area contributed by atoms with Crippen LogP contribution in [0.15, 0.2) is 24.3 Å². The molecule has 1 aliphatic carbocycles. The standard InChI is InChI=1S/C14H17F3N2O2/c15-14(16,17)21-11-3-1-10(2-4-11)12(20)19-9-13(5-6-13)7-8-18/h1-4H,5-9,18H2,(H,19,20). The van der Waals surface area contributed by atoms with E-state index in [0.717, 1.165) is 31.4 Å². The Morgan fingerprint density at radius 3 is 2.38 bits per heavy atom. The molecule has 1 aromatic rings. The molecule has 0 atom stereocenters. The van der Waals surface area contributed by atoms with Gasteiger partial charge in [0.2, 0.25) is 0 Å². The fourth-order valence-corrected chi connectivity index (χ4v) is 2.18. The Labute approximate surface area is 120 Å². The summed E-state index contributed by atoms with van der Waals surface area (Å²) in [5.41, 5.74) is 5.93. The zero-order valence-electron chi connectivity index (χ0n) is 11.4. The van der Waals surface area contributed by atoms with Crippen LogP contribution >= 0.6 is 0 Å². The number of carbonyl (C=O) groups is 1. The second-order valence-corrected chi connectivity index (χ2v) is 5.29. The largest absolute Gasteiger partial charge is 0.573 e. The highest BCUT2D eigenvalue weighted by molar-refractivity contribution is 5.94. The molecule has 1 aliphatic rings. The first-order valence-electron chi connectivity index (χ1n) is 6.68. The molecule has 2 rings (SSSR count).